The van der Waals surface area contributed by atoms with E-state index in [4.69, 9.17) is 5.14 Å². The summed E-state index contributed by atoms with van der Waals surface area (Å²) in [4.78, 5) is 11.1. The highest BCUT2D eigenvalue weighted by Crippen LogP contribution is 2.18. The van der Waals surface area contributed by atoms with Crippen molar-refractivity contribution < 1.29 is 13.2 Å². The predicted molar refractivity (Wildman–Crippen MR) is 56.6 cm³/mol. The summed E-state index contributed by atoms with van der Waals surface area (Å²) in [6.45, 7) is 0.729. The highest BCUT2D eigenvalue weighted by Gasteiger charge is 2.19. The van der Waals surface area contributed by atoms with Crippen molar-refractivity contribution in [3.8, 4) is 0 Å². The van der Waals surface area contributed by atoms with Crippen LogP contribution in [-0.2, 0) is 14.8 Å². The van der Waals surface area contributed by atoms with Gasteiger partial charge in [0.15, 0.2) is 0 Å². The first-order valence-corrected chi connectivity index (χ1v) is 6.69. The van der Waals surface area contributed by atoms with E-state index in [1.54, 1.807) is 0 Å². The van der Waals surface area contributed by atoms with Crippen molar-refractivity contribution in [2.75, 3.05) is 18.8 Å². The lowest BCUT2D eigenvalue weighted by Gasteiger charge is -2.04. The zero-order valence-corrected chi connectivity index (χ0v) is 9.35. The Balaban J connectivity index is 1.97. The number of hydrogen-bond acceptors (Lipinski definition) is 4. The van der Waals surface area contributed by atoms with Crippen molar-refractivity contribution in [1.29, 1.82) is 0 Å². The quantitative estimate of drug-likeness (QED) is 0.501. The maximum absolute atomic E-state index is 11.1. The van der Waals surface area contributed by atoms with Crippen LogP contribution in [0.4, 0.5) is 0 Å². The molecule has 0 spiro atoms. The van der Waals surface area contributed by atoms with E-state index >= 15 is 0 Å². The first kappa shape index (κ1) is 12.4. The minimum atomic E-state index is -3.47. The van der Waals surface area contributed by atoms with Crippen LogP contribution in [0.15, 0.2) is 0 Å². The maximum Gasteiger partial charge on any atom is 0.221 e. The number of amides is 1. The van der Waals surface area contributed by atoms with E-state index in [1.165, 1.54) is 12.8 Å². The molecule has 1 aliphatic rings. The van der Waals surface area contributed by atoms with Crippen LogP contribution in [0, 0.1) is 0 Å². The second kappa shape index (κ2) is 5.43. The lowest BCUT2D eigenvalue weighted by atomic mass is 10.4. The monoisotopic (exact) mass is 235 g/mol. The molecule has 0 aromatic carbocycles. The Kier molecular flexibility index (Phi) is 4.49. The van der Waals surface area contributed by atoms with Crippen molar-refractivity contribution >= 4 is 15.9 Å². The van der Waals surface area contributed by atoms with E-state index in [1.807, 2.05) is 0 Å². The Morgan fingerprint density at radius 2 is 2.00 bits per heavy atom. The number of hydrogen-bond donors (Lipinski definition) is 3. The van der Waals surface area contributed by atoms with Gasteiger partial charge in [-0.2, -0.15) is 0 Å². The third-order valence-electron chi connectivity index (χ3n) is 2.07. The van der Waals surface area contributed by atoms with Gasteiger partial charge < -0.3 is 10.6 Å². The van der Waals surface area contributed by atoms with Gasteiger partial charge in [-0.1, -0.05) is 0 Å². The Morgan fingerprint density at radius 3 is 2.53 bits per heavy atom. The van der Waals surface area contributed by atoms with E-state index in [-0.39, 0.29) is 18.2 Å². The van der Waals surface area contributed by atoms with Gasteiger partial charge >= 0.3 is 0 Å². The molecule has 4 N–H and O–H groups in total. The van der Waals surface area contributed by atoms with Crippen LogP contribution in [0.2, 0.25) is 0 Å². The number of nitrogens with two attached hydrogens (primary N) is 1. The minimum absolute atomic E-state index is 0.0844. The van der Waals surface area contributed by atoms with Crippen LogP contribution in [0.25, 0.3) is 0 Å². The van der Waals surface area contributed by atoms with Crippen molar-refractivity contribution in [2.24, 2.45) is 5.14 Å². The molecule has 1 fully saturated rings. The molecule has 0 aliphatic heterocycles. The first-order chi connectivity index (χ1) is 6.97. The summed E-state index contributed by atoms with van der Waals surface area (Å²) in [6.07, 6.45) is 2.75. The van der Waals surface area contributed by atoms with E-state index in [2.05, 4.69) is 10.6 Å². The number of primary sulfonamides is 1. The molecule has 15 heavy (non-hydrogen) atoms. The molecule has 1 rings (SSSR count). The Bertz CT molecular complexity index is 311. The van der Waals surface area contributed by atoms with Crippen LogP contribution >= 0.6 is 0 Å². The Hall–Kier alpha value is -0.660. The lowest BCUT2D eigenvalue weighted by molar-refractivity contribution is -0.120. The molecule has 0 saturated heterocycles. The molecule has 0 aromatic rings. The summed E-state index contributed by atoms with van der Waals surface area (Å²) >= 11 is 0. The lowest BCUT2D eigenvalue weighted by Crippen LogP contribution is -2.33. The normalized spacial score (nSPS) is 16.3. The molecule has 0 unspecified atom stereocenters. The van der Waals surface area contributed by atoms with Crippen molar-refractivity contribution in [2.45, 2.75) is 25.3 Å². The largest absolute Gasteiger partial charge is 0.355 e. The molecule has 0 aromatic heterocycles. The van der Waals surface area contributed by atoms with Gasteiger partial charge in [-0.3, -0.25) is 4.79 Å². The van der Waals surface area contributed by atoms with Crippen LogP contribution in [0.3, 0.4) is 0 Å². The molecule has 0 atom stereocenters. The smallest absolute Gasteiger partial charge is 0.221 e. The fraction of sp³-hybridized carbons (Fsp3) is 0.875. The molecular weight excluding hydrogens is 218 g/mol. The van der Waals surface area contributed by atoms with Crippen molar-refractivity contribution in [3.63, 3.8) is 0 Å². The Labute approximate surface area is 89.6 Å². The van der Waals surface area contributed by atoms with Gasteiger partial charge in [-0.15, -0.1) is 0 Å². The maximum atomic E-state index is 11.1. The SMILES string of the molecule is NS(=O)(=O)CCNC(=O)CCNC1CC1. The predicted octanol–water partition coefficient (Wildman–Crippen LogP) is -1.47. The molecular formula is C8H17N3O3S. The van der Waals surface area contributed by atoms with Crippen LogP contribution in [0.5, 0.6) is 0 Å². The summed E-state index contributed by atoms with van der Waals surface area (Å²) in [6, 6.07) is 0.585. The van der Waals surface area contributed by atoms with Crippen LogP contribution in [-0.4, -0.2) is 39.2 Å². The Morgan fingerprint density at radius 1 is 1.33 bits per heavy atom. The average molecular weight is 235 g/mol. The summed E-state index contributed by atoms with van der Waals surface area (Å²) in [5, 5.41) is 10.5. The highest BCUT2D eigenvalue weighted by atomic mass is 32.2. The minimum Gasteiger partial charge on any atom is -0.355 e. The van der Waals surface area contributed by atoms with Gasteiger partial charge in [0, 0.05) is 25.6 Å². The van der Waals surface area contributed by atoms with Crippen LogP contribution in [0.1, 0.15) is 19.3 Å². The van der Waals surface area contributed by atoms with Crippen molar-refractivity contribution in [1.82, 2.24) is 10.6 Å². The molecule has 7 heteroatoms. The number of rotatable bonds is 7. The molecule has 88 valence electrons. The number of carbonyl (C=O) groups excluding carboxylic acids is 1. The van der Waals surface area contributed by atoms with Crippen molar-refractivity contribution in [3.05, 3.63) is 0 Å². The first-order valence-electron chi connectivity index (χ1n) is 4.98. The second-order valence-electron chi connectivity index (χ2n) is 3.70. The van der Waals surface area contributed by atoms with Crippen LogP contribution < -0.4 is 15.8 Å². The van der Waals surface area contributed by atoms with E-state index < -0.39 is 10.0 Å². The second-order valence-corrected chi connectivity index (χ2v) is 5.43. The van der Waals surface area contributed by atoms with Gasteiger partial charge in [-0.05, 0) is 12.8 Å². The summed E-state index contributed by atoms with van der Waals surface area (Å²) in [5.41, 5.74) is 0. The van der Waals surface area contributed by atoms with Gasteiger partial charge in [0.05, 0.1) is 5.75 Å². The zero-order chi connectivity index (χ0) is 11.3. The fourth-order valence-corrected chi connectivity index (χ4v) is 1.48. The molecule has 1 saturated carbocycles. The average Bonchev–Trinajstić information content (AvgIpc) is 2.85. The number of nitrogens with one attached hydrogen (secondary N) is 2. The van der Waals surface area contributed by atoms with Gasteiger partial charge in [0.25, 0.3) is 0 Å². The van der Waals surface area contributed by atoms with E-state index in [0.29, 0.717) is 19.0 Å². The standard InChI is InChI=1S/C8H17N3O3S/c9-15(13,14)6-5-11-8(12)3-4-10-7-1-2-7/h7,10H,1-6H2,(H,11,12)(H2,9,13,14). The van der Waals surface area contributed by atoms with Gasteiger partial charge in [-0.25, -0.2) is 13.6 Å². The zero-order valence-electron chi connectivity index (χ0n) is 8.53. The summed E-state index contributed by atoms with van der Waals surface area (Å²) in [7, 11) is -3.47. The molecule has 1 aliphatic carbocycles. The number of sulfonamides is 1. The summed E-state index contributed by atoms with van der Waals surface area (Å²) < 4.78 is 21.1. The van der Waals surface area contributed by atoms with E-state index in [0.717, 1.165) is 0 Å². The highest BCUT2D eigenvalue weighted by molar-refractivity contribution is 7.89. The molecule has 0 radical (unpaired) electrons. The number of carbonyl (C=O) groups is 1. The van der Waals surface area contributed by atoms with Gasteiger partial charge in [0.2, 0.25) is 15.9 Å². The third-order valence-corrected chi connectivity index (χ3v) is 2.84. The van der Waals surface area contributed by atoms with E-state index in [9.17, 15) is 13.2 Å². The molecule has 0 bridgehead atoms. The fourth-order valence-electron chi connectivity index (χ4n) is 1.10. The van der Waals surface area contributed by atoms with Gasteiger partial charge in [0.1, 0.15) is 0 Å². The molecule has 6 nitrogen and oxygen atoms in total. The molecule has 1 amide bonds. The molecule has 0 heterocycles. The third kappa shape index (κ3) is 7.29. The summed E-state index contributed by atoms with van der Waals surface area (Å²) in [5.74, 6) is -0.360. The topological polar surface area (TPSA) is 101 Å².